The number of sulfonamides is 1. The van der Waals surface area contributed by atoms with Crippen molar-refractivity contribution in [1.82, 2.24) is 19.1 Å². The molecule has 154 valence electrons. The third-order valence-electron chi connectivity index (χ3n) is 5.02. The Morgan fingerprint density at radius 1 is 1.17 bits per heavy atom. The van der Waals surface area contributed by atoms with E-state index in [-0.39, 0.29) is 11.4 Å². The molecule has 0 N–H and O–H groups in total. The summed E-state index contributed by atoms with van der Waals surface area (Å²) in [5.41, 5.74) is 2.36. The van der Waals surface area contributed by atoms with Gasteiger partial charge in [-0.05, 0) is 19.1 Å². The van der Waals surface area contributed by atoms with E-state index < -0.39 is 10.0 Å². The van der Waals surface area contributed by atoms with E-state index in [0.29, 0.717) is 41.8 Å². The minimum atomic E-state index is -3.74. The fourth-order valence-electron chi connectivity index (χ4n) is 3.53. The van der Waals surface area contributed by atoms with Gasteiger partial charge in [0.1, 0.15) is 5.76 Å². The third kappa shape index (κ3) is 3.28. The molecule has 0 spiro atoms. The van der Waals surface area contributed by atoms with Crippen molar-refractivity contribution in [3.05, 3.63) is 41.4 Å². The van der Waals surface area contributed by atoms with Crippen LogP contribution in [0.15, 0.2) is 33.7 Å². The van der Waals surface area contributed by atoms with E-state index in [1.165, 1.54) is 30.7 Å². The minimum absolute atomic E-state index is 0.149. The molecule has 0 unspecified atom stereocenters. The normalized spacial score (nSPS) is 14.6. The Morgan fingerprint density at radius 2 is 1.93 bits per heavy atom. The average Bonchev–Trinajstić information content (AvgIpc) is 3.30. The number of ether oxygens (including phenoxy) is 2. The van der Waals surface area contributed by atoms with Gasteiger partial charge in [0.05, 0.1) is 25.3 Å². The van der Waals surface area contributed by atoms with Gasteiger partial charge in [-0.3, -0.25) is 4.68 Å². The Morgan fingerprint density at radius 3 is 2.59 bits per heavy atom. The van der Waals surface area contributed by atoms with Crippen molar-refractivity contribution in [3.63, 3.8) is 0 Å². The quantitative estimate of drug-likeness (QED) is 0.626. The minimum Gasteiger partial charge on any atom is -0.493 e. The fraction of sp³-hybridized carbons (Fsp3) is 0.368. The number of hydrogen-bond donors (Lipinski definition) is 0. The van der Waals surface area contributed by atoms with Crippen molar-refractivity contribution in [2.75, 3.05) is 20.8 Å². The van der Waals surface area contributed by atoms with Gasteiger partial charge in [0.2, 0.25) is 15.9 Å². The molecule has 2 aromatic heterocycles. The molecule has 0 radical (unpaired) electrons. The molecule has 0 aliphatic carbocycles. The van der Waals surface area contributed by atoms with Crippen molar-refractivity contribution in [3.8, 4) is 23.1 Å². The molecule has 4 rings (SSSR count). The van der Waals surface area contributed by atoms with Crippen LogP contribution in [0.4, 0.5) is 0 Å². The molecule has 3 heterocycles. The van der Waals surface area contributed by atoms with Crippen molar-refractivity contribution in [1.29, 1.82) is 0 Å². The number of hydrogen-bond acceptors (Lipinski definition) is 7. The Labute approximate surface area is 168 Å². The number of methoxy groups -OCH3 is 2. The molecule has 9 nitrogen and oxygen atoms in total. The highest BCUT2D eigenvalue weighted by molar-refractivity contribution is 7.89. The van der Waals surface area contributed by atoms with Crippen molar-refractivity contribution in [2.24, 2.45) is 7.05 Å². The molecule has 10 heteroatoms. The Bertz CT molecular complexity index is 1170. The summed E-state index contributed by atoms with van der Waals surface area (Å²) < 4.78 is 45.9. The standard InChI is InChI=1S/C19H22N4O5S/c1-12-10-20-19(28-12)18-14-11-23(8-7-15(14)22(2)21-18)29(24,25)13-5-6-16(26-3)17(9-13)27-4/h5-6,9-10H,7-8,11H2,1-4H3. The molecule has 0 bridgehead atoms. The van der Waals surface area contributed by atoms with E-state index in [1.807, 2.05) is 7.05 Å². The van der Waals surface area contributed by atoms with Crippen LogP contribution in [0.3, 0.4) is 0 Å². The average molecular weight is 418 g/mol. The molecule has 1 aliphatic heterocycles. The van der Waals surface area contributed by atoms with Crippen molar-refractivity contribution in [2.45, 2.75) is 24.8 Å². The molecule has 0 amide bonds. The number of benzene rings is 1. The van der Waals surface area contributed by atoms with Crippen LogP contribution in [0, 0.1) is 6.92 Å². The Hall–Kier alpha value is -2.85. The molecule has 29 heavy (non-hydrogen) atoms. The lowest BCUT2D eigenvalue weighted by Gasteiger charge is -2.27. The van der Waals surface area contributed by atoms with E-state index in [9.17, 15) is 8.42 Å². The molecule has 3 aromatic rings. The molecular weight excluding hydrogens is 396 g/mol. The lowest BCUT2D eigenvalue weighted by atomic mass is 10.1. The van der Waals surface area contributed by atoms with Crippen LogP contribution in [-0.4, -0.2) is 48.3 Å². The van der Waals surface area contributed by atoms with Crippen LogP contribution < -0.4 is 9.47 Å². The van der Waals surface area contributed by atoms with Crippen LogP contribution in [0.25, 0.3) is 11.6 Å². The second kappa shape index (κ2) is 7.20. The summed E-state index contributed by atoms with van der Waals surface area (Å²) in [6, 6.07) is 4.59. The van der Waals surface area contributed by atoms with Gasteiger partial charge in [-0.25, -0.2) is 13.4 Å². The zero-order valence-corrected chi connectivity index (χ0v) is 17.5. The molecule has 0 saturated carbocycles. The maximum atomic E-state index is 13.3. The van der Waals surface area contributed by atoms with Gasteiger partial charge < -0.3 is 13.9 Å². The monoisotopic (exact) mass is 418 g/mol. The van der Waals surface area contributed by atoms with Gasteiger partial charge in [0.15, 0.2) is 17.2 Å². The van der Waals surface area contributed by atoms with Crippen LogP contribution in [0.1, 0.15) is 17.0 Å². The van der Waals surface area contributed by atoms with E-state index in [0.717, 1.165) is 11.3 Å². The maximum Gasteiger partial charge on any atom is 0.247 e. The molecular formula is C19H22N4O5S. The molecule has 0 atom stereocenters. The lowest BCUT2D eigenvalue weighted by molar-refractivity contribution is 0.353. The van der Waals surface area contributed by atoms with Crippen LogP contribution in [0.2, 0.25) is 0 Å². The topological polar surface area (TPSA) is 99.7 Å². The van der Waals surface area contributed by atoms with Crippen molar-refractivity contribution < 1.29 is 22.3 Å². The number of nitrogens with zero attached hydrogens (tertiary/aromatic N) is 4. The largest absolute Gasteiger partial charge is 0.493 e. The lowest BCUT2D eigenvalue weighted by Crippen LogP contribution is -2.36. The molecule has 0 fully saturated rings. The summed E-state index contributed by atoms with van der Waals surface area (Å²) in [4.78, 5) is 4.40. The molecule has 1 aliphatic rings. The second-order valence-electron chi connectivity index (χ2n) is 6.78. The number of oxazole rings is 1. The third-order valence-corrected chi connectivity index (χ3v) is 6.87. The van der Waals surface area contributed by atoms with Gasteiger partial charge in [0, 0.05) is 43.9 Å². The Balaban J connectivity index is 1.71. The zero-order chi connectivity index (χ0) is 20.8. The number of fused-ring (bicyclic) bond motifs is 1. The SMILES string of the molecule is COc1ccc(S(=O)(=O)N2CCc3c(c(-c4ncc(C)o4)nn3C)C2)cc1OC. The second-order valence-corrected chi connectivity index (χ2v) is 8.72. The van der Waals surface area contributed by atoms with E-state index in [4.69, 9.17) is 13.9 Å². The van der Waals surface area contributed by atoms with Gasteiger partial charge >= 0.3 is 0 Å². The first-order chi connectivity index (χ1) is 13.8. The number of aryl methyl sites for hydroxylation is 2. The Kier molecular flexibility index (Phi) is 4.83. The predicted molar refractivity (Wildman–Crippen MR) is 104 cm³/mol. The van der Waals surface area contributed by atoms with E-state index >= 15 is 0 Å². The summed E-state index contributed by atoms with van der Waals surface area (Å²) in [5.74, 6) is 1.90. The number of rotatable bonds is 5. The van der Waals surface area contributed by atoms with Crippen LogP contribution >= 0.6 is 0 Å². The highest BCUT2D eigenvalue weighted by Crippen LogP contribution is 2.34. The highest BCUT2D eigenvalue weighted by Gasteiger charge is 2.33. The first kappa shape index (κ1) is 19.5. The van der Waals surface area contributed by atoms with E-state index in [2.05, 4.69) is 10.1 Å². The first-order valence-electron chi connectivity index (χ1n) is 9.05. The van der Waals surface area contributed by atoms with Gasteiger partial charge in [-0.1, -0.05) is 0 Å². The summed E-state index contributed by atoms with van der Waals surface area (Å²) >= 11 is 0. The predicted octanol–water partition coefficient (Wildman–Crippen LogP) is 2.15. The van der Waals surface area contributed by atoms with Crippen LogP contribution in [0.5, 0.6) is 11.5 Å². The smallest absolute Gasteiger partial charge is 0.247 e. The summed E-state index contributed by atoms with van der Waals surface area (Å²) in [5, 5.41) is 4.52. The molecule has 1 aromatic carbocycles. The summed E-state index contributed by atoms with van der Waals surface area (Å²) in [7, 11) is 1.09. The summed E-state index contributed by atoms with van der Waals surface area (Å²) in [6.45, 7) is 2.35. The number of aromatic nitrogens is 3. The fourth-order valence-corrected chi connectivity index (χ4v) is 4.96. The molecule has 0 saturated heterocycles. The van der Waals surface area contributed by atoms with E-state index in [1.54, 1.807) is 23.9 Å². The highest BCUT2D eigenvalue weighted by atomic mass is 32.2. The van der Waals surface area contributed by atoms with Gasteiger partial charge in [-0.2, -0.15) is 9.40 Å². The first-order valence-corrected chi connectivity index (χ1v) is 10.5. The van der Waals surface area contributed by atoms with Crippen LogP contribution in [-0.2, 0) is 30.0 Å². The van der Waals surface area contributed by atoms with Crippen molar-refractivity contribution >= 4 is 10.0 Å². The summed E-state index contributed by atoms with van der Waals surface area (Å²) in [6.07, 6.45) is 2.17. The van der Waals surface area contributed by atoms with Gasteiger partial charge in [-0.15, -0.1) is 0 Å². The van der Waals surface area contributed by atoms with Gasteiger partial charge in [0.25, 0.3) is 0 Å². The maximum absolute atomic E-state index is 13.3. The zero-order valence-electron chi connectivity index (χ0n) is 16.7.